The molecule has 6 rings (SSSR count). The van der Waals surface area contributed by atoms with Crippen molar-refractivity contribution in [1.29, 1.82) is 0 Å². The number of pyridine rings is 1. The molecule has 3 aromatic carbocycles. The van der Waals surface area contributed by atoms with Crippen LogP contribution in [0.2, 0.25) is 5.02 Å². The Bertz CT molecular complexity index is 2120. The molecule has 222 valence electrons. The fourth-order valence-electron chi connectivity index (χ4n) is 4.44. The van der Waals surface area contributed by atoms with Gasteiger partial charge in [0.15, 0.2) is 5.82 Å². The van der Waals surface area contributed by atoms with Crippen LogP contribution in [0.4, 0.5) is 15.8 Å². The Balaban J connectivity index is 1.17. The van der Waals surface area contributed by atoms with E-state index in [0.717, 1.165) is 11.6 Å². The highest BCUT2D eigenvalue weighted by Gasteiger charge is 2.21. The Morgan fingerprint density at radius 2 is 1.82 bits per heavy atom. The van der Waals surface area contributed by atoms with Gasteiger partial charge in [-0.3, -0.25) is 14.2 Å². The van der Waals surface area contributed by atoms with E-state index in [-0.39, 0.29) is 21.3 Å². The Hall–Kier alpha value is -5.27. The zero-order valence-electron chi connectivity index (χ0n) is 23.0. The molecule has 14 heteroatoms. The molecule has 6 aromatic rings. The third-order valence-electron chi connectivity index (χ3n) is 6.55. The number of halogens is 2. The monoisotopic (exact) mass is 631 g/mol. The number of carbonyl (C=O) groups is 1. The third-order valence-corrected chi connectivity index (χ3v) is 8.17. The first-order valence-corrected chi connectivity index (χ1v) is 15.0. The number of hydrogen-bond donors (Lipinski definition) is 2. The van der Waals surface area contributed by atoms with Crippen LogP contribution in [0.3, 0.4) is 0 Å². The van der Waals surface area contributed by atoms with Gasteiger partial charge in [-0.25, -0.2) is 22.5 Å². The quantitative estimate of drug-likeness (QED) is 0.213. The van der Waals surface area contributed by atoms with Crippen molar-refractivity contribution in [3.8, 4) is 11.6 Å². The van der Waals surface area contributed by atoms with Gasteiger partial charge in [0.05, 0.1) is 28.6 Å². The Morgan fingerprint density at radius 1 is 1.02 bits per heavy atom. The van der Waals surface area contributed by atoms with Gasteiger partial charge < -0.3 is 10.1 Å². The highest BCUT2D eigenvalue weighted by atomic mass is 35.5. The lowest BCUT2D eigenvalue weighted by Gasteiger charge is -2.08. The molecule has 2 N–H and O–H groups in total. The molecule has 11 nitrogen and oxygen atoms in total. The smallest absolute Gasteiger partial charge is 0.274 e. The number of rotatable bonds is 9. The number of ether oxygens (including phenoxy) is 1. The summed E-state index contributed by atoms with van der Waals surface area (Å²) in [5.41, 5.74) is 2.14. The van der Waals surface area contributed by atoms with Gasteiger partial charge in [0.25, 0.3) is 15.9 Å². The normalized spacial score (nSPS) is 11.4. The Morgan fingerprint density at radius 3 is 2.61 bits per heavy atom. The van der Waals surface area contributed by atoms with Crippen LogP contribution in [-0.2, 0) is 23.7 Å². The summed E-state index contributed by atoms with van der Waals surface area (Å²) in [6.07, 6.45) is 4.11. The number of nitrogens with one attached hydrogen (secondary N) is 2. The third kappa shape index (κ3) is 6.09. The molecule has 0 bridgehead atoms. The van der Waals surface area contributed by atoms with Crippen LogP contribution in [0, 0.1) is 5.82 Å². The van der Waals surface area contributed by atoms with Gasteiger partial charge in [-0.15, -0.1) is 0 Å². The fourth-order valence-corrected chi connectivity index (χ4v) is 5.60. The van der Waals surface area contributed by atoms with E-state index in [1.807, 2.05) is 30.3 Å². The molecule has 44 heavy (non-hydrogen) atoms. The summed E-state index contributed by atoms with van der Waals surface area (Å²) in [6, 6.07) is 21.5. The molecular weight excluding hydrogens is 609 g/mol. The predicted molar refractivity (Wildman–Crippen MR) is 163 cm³/mol. The average Bonchev–Trinajstić information content (AvgIpc) is 3.64. The van der Waals surface area contributed by atoms with E-state index < -0.39 is 21.7 Å². The maximum absolute atomic E-state index is 13.5. The van der Waals surface area contributed by atoms with Crippen LogP contribution in [0.1, 0.15) is 16.1 Å². The maximum Gasteiger partial charge on any atom is 0.274 e. The van der Waals surface area contributed by atoms with Crippen molar-refractivity contribution in [2.45, 2.75) is 11.5 Å². The van der Waals surface area contributed by atoms with E-state index >= 15 is 0 Å². The molecule has 0 saturated heterocycles. The molecule has 0 radical (unpaired) electrons. The zero-order chi connectivity index (χ0) is 30.8. The molecule has 0 atom stereocenters. The summed E-state index contributed by atoms with van der Waals surface area (Å²) in [6.45, 7) is 0.364. The van der Waals surface area contributed by atoms with Gasteiger partial charge in [-0.05, 0) is 48.0 Å². The summed E-state index contributed by atoms with van der Waals surface area (Å²) in [5, 5.41) is 11.6. The number of benzene rings is 3. The summed E-state index contributed by atoms with van der Waals surface area (Å²) in [7, 11) is -2.46. The highest BCUT2D eigenvalue weighted by Crippen LogP contribution is 2.26. The molecule has 0 aliphatic rings. The second-order valence-corrected chi connectivity index (χ2v) is 11.7. The second-order valence-electron chi connectivity index (χ2n) is 9.64. The largest absolute Gasteiger partial charge is 0.489 e. The van der Waals surface area contributed by atoms with Crippen LogP contribution in [-0.4, -0.2) is 38.9 Å². The zero-order valence-corrected chi connectivity index (χ0v) is 24.6. The van der Waals surface area contributed by atoms with Crippen molar-refractivity contribution in [3.63, 3.8) is 0 Å². The number of nitrogens with zero attached hydrogens (tertiary/aromatic N) is 5. The van der Waals surface area contributed by atoms with Crippen LogP contribution >= 0.6 is 11.6 Å². The number of carbonyl (C=O) groups excluding carboxylic acids is 1. The molecule has 0 spiro atoms. The van der Waals surface area contributed by atoms with Crippen molar-refractivity contribution in [3.05, 3.63) is 120 Å². The number of sulfonamides is 1. The first kappa shape index (κ1) is 28.8. The van der Waals surface area contributed by atoms with Crippen molar-refractivity contribution >= 4 is 49.8 Å². The van der Waals surface area contributed by atoms with Crippen LogP contribution < -0.4 is 14.8 Å². The summed E-state index contributed by atoms with van der Waals surface area (Å²) >= 11 is 5.82. The van der Waals surface area contributed by atoms with Crippen molar-refractivity contribution in [2.24, 2.45) is 7.05 Å². The maximum atomic E-state index is 13.5. The van der Waals surface area contributed by atoms with E-state index in [1.165, 1.54) is 46.0 Å². The van der Waals surface area contributed by atoms with Gasteiger partial charge in [0, 0.05) is 30.4 Å². The molecule has 3 heterocycles. The summed E-state index contributed by atoms with van der Waals surface area (Å²) in [4.78, 5) is 17.2. The van der Waals surface area contributed by atoms with Gasteiger partial charge in [0.2, 0.25) is 0 Å². The standard InChI is InChI=1S/C30H23ClFN7O4S/c1-38-29(30(40)35-20-8-10-26(32)25(31)13-20)24-9-7-21(14-27(24)36-38)37-44(41,42)23-16-34-39(17-23)28-15-22(11-12-33-28)43-18-19-5-3-2-4-6-19/h2-17,37H,18H2,1H3,(H,35,40). The van der Waals surface area contributed by atoms with E-state index in [1.54, 1.807) is 31.4 Å². The SMILES string of the molecule is Cn1nc2cc(NS(=O)(=O)c3cnn(-c4cc(OCc5ccccc5)ccn4)c3)ccc2c1C(=O)Nc1ccc(F)c(Cl)c1. The molecule has 0 saturated carbocycles. The number of aromatic nitrogens is 5. The molecule has 0 aliphatic carbocycles. The number of anilines is 2. The van der Waals surface area contributed by atoms with Crippen molar-refractivity contribution in [2.75, 3.05) is 10.0 Å². The van der Waals surface area contributed by atoms with Crippen molar-refractivity contribution in [1.82, 2.24) is 24.5 Å². The van der Waals surface area contributed by atoms with Gasteiger partial charge in [0.1, 0.15) is 28.8 Å². The second kappa shape index (κ2) is 11.8. The lowest BCUT2D eigenvalue weighted by Crippen LogP contribution is -2.16. The summed E-state index contributed by atoms with van der Waals surface area (Å²) in [5.74, 6) is -0.176. The molecule has 0 fully saturated rings. The number of fused-ring (bicyclic) bond motifs is 1. The molecular formula is C30H23ClFN7O4S. The Labute approximate surface area is 255 Å². The average molecular weight is 632 g/mol. The van der Waals surface area contributed by atoms with Gasteiger partial charge in [-0.1, -0.05) is 41.9 Å². The van der Waals surface area contributed by atoms with Crippen LogP contribution in [0.15, 0.2) is 102 Å². The van der Waals surface area contributed by atoms with Gasteiger partial charge in [-0.2, -0.15) is 10.2 Å². The minimum absolute atomic E-state index is 0.0888. The topological polar surface area (TPSA) is 133 Å². The summed E-state index contributed by atoms with van der Waals surface area (Å²) < 4.78 is 51.0. The molecule has 0 unspecified atom stereocenters. The first-order chi connectivity index (χ1) is 21.2. The fraction of sp³-hybridized carbons (Fsp3) is 0.0667. The van der Waals surface area contributed by atoms with Gasteiger partial charge >= 0.3 is 0 Å². The van der Waals surface area contributed by atoms with E-state index in [2.05, 4.69) is 25.2 Å². The molecule has 1 amide bonds. The predicted octanol–water partition coefficient (Wildman–Crippen LogP) is 5.58. The number of hydrogen-bond acceptors (Lipinski definition) is 7. The number of amides is 1. The highest BCUT2D eigenvalue weighted by molar-refractivity contribution is 7.92. The molecule has 0 aliphatic heterocycles. The van der Waals surface area contributed by atoms with Crippen molar-refractivity contribution < 1.29 is 22.3 Å². The lowest BCUT2D eigenvalue weighted by atomic mass is 10.2. The lowest BCUT2D eigenvalue weighted by molar-refractivity contribution is 0.101. The van der Waals surface area contributed by atoms with E-state index in [0.29, 0.717) is 34.8 Å². The van der Waals surface area contributed by atoms with E-state index in [4.69, 9.17) is 16.3 Å². The van der Waals surface area contributed by atoms with E-state index in [9.17, 15) is 17.6 Å². The minimum atomic E-state index is -4.04. The van der Waals surface area contributed by atoms with Crippen LogP contribution in [0.5, 0.6) is 5.75 Å². The molecule has 3 aromatic heterocycles. The minimum Gasteiger partial charge on any atom is -0.489 e. The first-order valence-electron chi connectivity index (χ1n) is 13.1. The number of aryl methyl sites for hydroxylation is 1. The Kier molecular flexibility index (Phi) is 7.72. The van der Waals surface area contributed by atoms with Crippen LogP contribution in [0.25, 0.3) is 16.7 Å².